The van der Waals surface area contributed by atoms with Crippen LogP contribution >= 0.6 is 11.6 Å². The molecular formula is C18H18ClN3O3. The van der Waals surface area contributed by atoms with Gasteiger partial charge in [0.2, 0.25) is 5.91 Å². The molecule has 1 amide bonds. The molecule has 7 heteroatoms. The molecule has 0 aromatic heterocycles. The van der Waals surface area contributed by atoms with E-state index < -0.39 is 0 Å². The zero-order valence-corrected chi connectivity index (χ0v) is 14.5. The Balaban J connectivity index is 1.88. The predicted octanol–water partition coefficient (Wildman–Crippen LogP) is 3.61. The molecule has 0 unspecified atom stereocenters. The second kappa shape index (κ2) is 7.44. The standard InChI is InChI=1S/C18H18ClN3O3/c1-2-22(15-5-3-4-6-16(15)23)18-21-14-8-7-13(20-17(24)10-19)9-12(14)11-25-18/h3-9,23H,2,10-11H2,1H3,(H,20,24). The lowest BCUT2D eigenvalue weighted by molar-refractivity contribution is -0.113. The van der Waals surface area contributed by atoms with Gasteiger partial charge in [-0.1, -0.05) is 12.1 Å². The molecule has 0 bridgehead atoms. The Morgan fingerprint density at radius 1 is 1.36 bits per heavy atom. The summed E-state index contributed by atoms with van der Waals surface area (Å²) in [5.41, 5.74) is 2.92. The molecule has 0 aliphatic carbocycles. The summed E-state index contributed by atoms with van der Waals surface area (Å²) >= 11 is 5.50. The molecule has 1 heterocycles. The number of amides is 1. The molecule has 25 heavy (non-hydrogen) atoms. The fourth-order valence-corrected chi connectivity index (χ4v) is 2.67. The minimum absolute atomic E-state index is 0.0953. The Morgan fingerprint density at radius 3 is 2.88 bits per heavy atom. The molecule has 0 saturated heterocycles. The number of para-hydroxylation sites is 2. The summed E-state index contributed by atoms with van der Waals surface area (Å²) in [5.74, 6) is -0.193. The van der Waals surface area contributed by atoms with Crippen LogP contribution in [0.5, 0.6) is 5.75 Å². The first-order valence-corrected chi connectivity index (χ1v) is 8.41. The fraction of sp³-hybridized carbons (Fsp3) is 0.222. The van der Waals surface area contributed by atoms with Gasteiger partial charge in [0.25, 0.3) is 6.02 Å². The number of phenolic OH excluding ortho intramolecular Hbond substituents is 1. The average molecular weight is 360 g/mol. The first-order valence-electron chi connectivity index (χ1n) is 7.88. The lowest BCUT2D eigenvalue weighted by Gasteiger charge is -2.27. The van der Waals surface area contributed by atoms with Crippen LogP contribution in [0.1, 0.15) is 12.5 Å². The molecule has 0 atom stereocenters. The summed E-state index contributed by atoms with van der Waals surface area (Å²) in [4.78, 5) is 17.7. The third-order valence-electron chi connectivity index (χ3n) is 3.78. The van der Waals surface area contributed by atoms with Crippen LogP contribution in [-0.4, -0.2) is 29.5 Å². The summed E-state index contributed by atoms with van der Waals surface area (Å²) in [6.07, 6.45) is 0. The number of fused-ring (bicyclic) bond motifs is 1. The van der Waals surface area contributed by atoms with Crippen LogP contribution in [0.25, 0.3) is 0 Å². The van der Waals surface area contributed by atoms with Gasteiger partial charge in [0.1, 0.15) is 18.2 Å². The van der Waals surface area contributed by atoms with E-state index in [-0.39, 0.29) is 17.5 Å². The molecule has 130 valence electrons. The topological polar surface area (TPSA) is 74.2 Å². The highest BCUT2D eigenvalue weighted by atomic mass is 35.5. The lowest BCUT2D eigenvalue weighted by atomic mass is 10.1. The largest absolute Gasteiger partial charge is 0.506 e. The molecule has 1 aliphatic heterocycles. The minimum atomic E-state index is -0.265. The van der Waals surface area contributed by atoms with Crippen molar-refractivity contribution < 1.29 is 14.6 Å². The van der Waals surface area contributed by atoms with Crippen LogP contribution in [0.3, 0.4) is 0 Å². The van der Waals surface area contributed by atoms with E-state index in [0.29, 0.717) is 30.5 Å². The Labute approximate surface area is 150 Å². The number of carbonyl (C=O) groups is 1. The number of amidine groups is 1. The van der Waals surface area contributed by atoms with E-state index in [1.807, 2.05) is 36.1 Å². The number of anilines is 2. The van der Waals surface area contributed by atoms with E-state index >= 15 is 0 Å². The smallest absolute Gasteiger partial charge is 0.297 e. The van der Waals surface area contributed by atoms with E-state index in [0.717, 1.165) is 11.3 Å². The number of nitrogens with one attached hydrogen (secondary N) is 1. The number of aromatic hydroxyl groups is 1. The summed E-state index contributed by atoms with van der Waals surface area (Å²) < 4.78 is 5.78. The maximum Gasteiger partial charge on any atom is 0.297 e. The molecule has 6 nitrogen and oxygen atoms in total. The van der Waals surface area contributed by atoms with Crippen molar-refractivity contribution in [2.24, 2.45) is 4.99 Å². The van der Waals surface area contributed by atoms with Crippen molar-refractivity contribution in [3.8, 4) is 5.75 Å². The van der Waals surface area contributed by atoms with Crippen molar-refractivity contribution in [2.75, 3.05) is 22.6 Å². The predicted molar refractivity (Wildman–Crippen MR) is 98.8 cm³/mol. The van der Waals surface area contributed by atoms with E-state index in [4.69, 9.17) is 16.3 Å². The van der Waals surface area contributed by atoms with Gasteiger partial charge in [0.05, 0.1) is 11.4 Å². The summed E-state index contributed by atoms with van der Waals surface area (Å²) in [5, 5.41) is 12.8. The number of hydrogen-bond acceptors (Lipinski definition) is 5. The Kier molecular flexibility index (Phi) is 5.09. The summed E-state index contributed by atoms with van der Waals surface area (Å²) in [6, 6.07) is 12.9. The number of halogens is 1. The highest BCUT2D eigenvalue weighted by molar-refractivity contribution is 6.29. The normalized spacial score (nSPS) is 12.6. The molecule has 2 aromatic carbocycles. The molecule has 0 fully saturated rings. The summed E-state index contributed by atoms with van der Waals surface area (Å²) in [7, 11) is 0. The number of rotatable bonds is 4. The van der Waals surface area contributed by atoms with Gasteiger partial charge in [0, 0.05) is 17.8 Å². The van der Waals surface area contributed by atoms with E-state index in [9.17, 15) is 9.90 Å². The van der Waals surface area contributed by atoms with E-state index in [1.165, 1.54) is 0 Å². The van der Waals surface area contributed by atoms with Crippen LogP contribution < -0.4 is 10.2 Å². The van der Waals surface area contributed by atoms with Gasteiger partial charge in [-0.15, -0.1) is 11.6 Å². The zero-order chi connectivity index (χ0) is 17.8. The quantitative estimate of drug-likeness (QED) is 0.818. The fourth-order valence-electron chi connectivity index (χ4n) is 2.60. The number of hydrogen-bond donors (Lipinski definition) is 2. The van der Waals surface area contributed by atoms with Crippen molar-refractivity contribution >= 4 is 40.6 Å². The first-order chi connectivity index (χ1) is 12.1. The zero-order valence-electron chi connectivity index (χ0n) is 13.7. The number of nitrogens with zero attached hydrogens (tertiary/aromatic N) is 2. The van der Waals surface area contributed by atoms with Gasteiger partial charge in [-0.2, -0.15) is 4.99 Å². The molecule has 3 rings (SSSR count). The SMILES string of the molecule is CCN(C1=Nc2ccc(NC(=O)CCl)cc2CO1)c1ccccc1O. The average Bonchev–Trinajstić information content (AvgIpc) is 2.63. The van der Waals surface area contributed by atoms with Crippen molar-refractivity contribution in [2.45, 2.75) is 13.5 Å². The molecule has 2 N–H and O–H groups in total. The van der Waals surface area contributed by atoms with Gasteiger partial charge >= 0.3 is 0 Å². The number of ether oxygens (including phenoxy) is 1. The van der Waals surface area contributed by atoms with Gasteiger partial charge in [0.15, 0.2) is 0 Å². The lowest BCUT2D eigenvalue weighted by Crippen LogP contribution is -2.33. The monoisotopic (exact) mass is 359 g/mol. The minimum Gasteiger partial charge on any atom is -0.506 e. The highest BCUT2D eigenvalue weighted by Crippen LogP contribution is 2.32. The van der Waals surface area contributed by atoms with Crippen molar-refractivity contribution in [1.29, 1.82) is 0 Å². The number of alkyl halides is 1. The molecule has 0 radical (unpaired) electrons. The van der Waals surface area contributed by atoms with Crippen LogP contribution in [0.15, 0.2) is 47.5 Å². The number of aliphatic imine (C=N–C) groups is 1. The Hall–Kier alpha value is -2.73. The molecule has 0 saturated carbocycles. The second-order valence-corrected chi connectivity index (χ2v) is 5.71. The second-order valence-electron chi connectivity index (χ2n) is 5.44. The molecule has 0 spiro atoms. The number of phenols is 1. The van der Waals surface area contributed by atoms with Gasteiger partial charge in [-0.25, -0.2) is 0 Å². The van der Waals surface area contributed by atoms with Crippen molar-refractivity contribution in [3.63, 3.8) is 0 Å². The van der Waals surface area contributed by atoms with Crippen molar-refractivity contribution in [3.05, 3.63) is 48.0 Å². The van der Waals surface area contributed by atoms with E-state index in [2.05, 4.69) is 10.3 Å². The van der Waals surface area contributed by atoms with Gasteiger partial charge in [-0.3, -0.25) is 9.69 Å². The Morgan fingerprint density at radius 2 is 2.16 bits per heavy atom. The van der Waals surface area contributed by atoms with Gasteiger partial charge < -0.3 is 15.2 Å². The van der Waals surface area contributed by atoms with Crippen LogP contribution in [0.4, 0.5) is 17.1 Å². The van der Waals surface area contributed by atoms with E-state index in [1.54, 1.807) is 18.2 Å². The summed E-state index contributed by atoms with van der Waals surface area (Å²) in [6.45, 7) is 2.87. The van der Waals surface area contributed by atoms with Crippen LogP contribution in [-0.2, 0) is 16.1 Å². The maximum absolute atomic E-state index is 11.4. The third kappa shape index (κ3) is 3.69. The number of carbonyl (C=O) groups excluding carboxylic acids is 1. The maximum atomic E-state index is 11.4. The molecule has 1 aliphatic rings. The Bertz CT molecular complexity index is 823. The molecular weight excluding hydrogens is 342 g/mol. The highest BCUT2D eigenvalue weighted by Gasteiger charge is 2.21. The van der Waals surface area contributed by atoms with Gasteiger partial charge in [-0.05, 0) is 37.3 Å². The van der Waals surface area contributed by atoms with Crippen LogP contribution in [0, 0.1) is 0 Å². The first kappa shape index (κ1) is 17.1. The van der Waals surface area contributed by atoms with Crippen LogP contribution in [0.2, 0.25) is 0 Å². The number of benzene rings is 2. The van der Waals surface area contributed by atoms with Crippen molar-refractivity contribution in [1.82, 2.24) is 0 Å². The third-order valence-corrected chi connectivity index (χ3v) is 4.02. The molecule has 2 aromatic rings.